The van der Waals surface area contributed by atoms with Gasteiger partial charge < -0.3 is 32.8 Å². The standard InChI is InChI=1S/C37H57NO10Si/c1-24-17-18-28(39)32-29(46-37(9,10)47-32)16-14-15-26-21-27(22-30(43-23-42-11)31(26)33(40)45-25(24)2)38(34(41)48-35(3,4)5)19-20-44-49(12,13)36(6,7)8/h14-15,17,21-22,25,29,32H,16,18-20,23H2,1-13H3/t25-,29-,32+/m0/s1. The fourth-order valence-electron chi connectivity index (χ4n) is 5.08. The smallest absolute Gasteiger partial charge is 0.414 e. The first-order valence-corrected chi connectivity index (χ1v) is 19.8. The van der Waals surface area contributed by atoms with Crippen molar-refractivity contribution in [3.05, 3.63) is 41.0 Å². The van der Waals surface area contributed by atoms with Gasteiger partial charge in [-0.15, -0.1) is 0 Å². The van der Waals surface area contributed by atoms with Gasteiger partial charge in [-0.3, -0.25) is 9.69 Å². The Morgan fingerprint density at radius 1 is 1.08 bits per heavy atom. The fraction of sp³-hybridized carbons (Fsp3) is 0.649. The Labute approximate surface area is 293 Å². The van der Waals surface area contributed by atoms with Gasteiger partial charge in [0.05, 0.1) is 24.9 Å². The van der Waals surface area contributed by atoms with E-state index in [1.807, 2.05) is 6.08 Å². The molecule has 2 heterocycles. The summed E-state index contributed by atoms with van der Waals surface area (Å²) in [6.45, 7) is 23.6. The molecule has 12 heteroatoms. The quantitative estimate of drug-likeness (QED) is 0.115. The number of rotatable bonds is 8. The molecule has 1 aromatic rings. The summed E-state index contributed by atoms with van der Waals surface area (Å²) < 4.78 is 41.5. The average Bonchev–Trinajstić information content (AvgIpc) is 3.28. The van der Waals surface area contributed by atoms with Crippen LogP contribution >= 0.6 is 0 Å². The number of allylic oxidation sites excluding steroid dienone is 1. The first-order chi connectivity index (χ1) is 22.5. The molecule has 0 bridgehead atoms. The van der Waals surface area contributed by atoms with Crippen LogP contribution in [0.5, 0.6) is 5.75 Å². The Kier molecular flexibility index (Phi) is 13.1. The van der Waals surface area contributed by atoms with E-state index in [-0.39, 0.29) is 48.5 Å². The normalized spacial score (nSPS) is 22.0. The number of fused-ring (bicyclic) bond motifs is 2. The number of anilines is 1. The predicted octanol–water partition coefficient (Wildman–Crippen LogP) is 7.82. The Bertz CT molecular complexity index is 1420. The molecule has 0 saturated carbocycles. The molecule has 0 spiro atoms. The van der Waals surface area contributed by atoms with Gasteiger partial charge in [-0.05, 0) is 90.2 Å². The maximum atomic E-state index is 13.9. The zero-order valence-electron chi connectivity index (χ0n) is 31.7. The molecular weight excluding hydrogens is 646 g/mol. The molecule has 0 radical (unpaired) electrons. The highest BCUT2D eigenvalue weighted by molar-refractivity contribution is 6.74. The second kappa shape index (κ2) is 15.9. The average molecular weight is 704 g/mol. The first-order valence-electron chi connectivity index (χ1n) is 16.9. The highest BCUT2D eigenvalue weighted by atomic mass is 28.4. The van der Waals surface area contributed by atoms with Gasteiger partial charge in [0, 0.05) is 19.6 Å². The fourth-order valence-corrected chi connectivity index (χ4v) is 6.12. The predicted molar refractivity (Wildman–Crippen MR) is 191 cm³/mol. The summed E-state index contributed by atoms with van der Waals surface area (Å²) >= 11 is 0. The molecule has 3 rings (SSSR count). The summed E-state index contributed by atoms with van der Waals surface area (Å²) in [5.41, 5.74) is 0.954. The summed E-state index contributed by atoms with van der Waals surface area (Å²) in [6.07, 6.45) is 3.22. The third kappa shape index (κ3) is 11.0. The number of hydrogen-bond donors (Lipinski definition) is 0. The highest BCUT2D eigenvalue weighted by Crippen LogP contribution is 2.38. The number of carbonyl (C=O) groups is 3. The SMILES string of the molecule is COCOc1cc(N(CCO[Si](C)(C)C(C)(C)C)C(=O)OC(C)(C)C)cc2c1C(=O)O[C@@H](C)C(C)=CCC(=O)[C@H]1OC(C)(C)O[C@H]1CC=C2. The molecule has 1 amide bonds. The van der Waals surface area contributed by atoms with Crippen LogP contribution in [-0.4, -0.2) is 82.9 Å². The molecule has 1 aromatic carbocycles. The van der Waals surface area contributed by atoms with Crippen molar-refractivity contribution in [3.63, 3.8) is 0 Å². The monoisotopic (exact) mass is 703 g/mol. The Balaban J connectivity index is 2.18. The number of nitrogens with zero attached hydrogens (tertiary/aromatic N) is 1. The molecule has 49 heavy (non-hydrogen) atoms. The number of hydrogen-bond acceptors (Lipinski definition) is 10. The Morgan fingerprint density at radius 3 is 2.37 bits per heavy atom. The van der Waals surface area contributed by atoms with Gasteiger partial charge in [0.1, 0.15) is 29.1 Å². The number of ketones is 1. The van der Waals surface area contributed by atoms with Crippen molar-refractivity contribution in [1.29, 1.82) is 0 Å². The number of cyclic esters (lactones) is 1. The van der Waals surface area contributed by atoms with Crippen molar-refractivity contribution in [1.82, 2.24) is 0 Å². The van der Waals surface area contributed by atoms with Crippen molar-refractivity contribution in [2.45, 2.75) is 130 Å². The number of methoxy groups -OCH3 is 1. The molecule has 1 saturated heterocycles. The van der Waals surface area contributed by atoms with E-state index in [1.165, 1.54) is 12.0 Å². The summed E-state index contributed by atoms with van der Waals surface area (Å²) in [6, 6.07) is 3.34. The lowest BCUT2D eigenvalue weighted by molar-refractivity contribution is -0.154. The van der Waals surface area contributed by atoms with Crippen LogP contribution in [0.25, 0.3) is 6.08 Å². The van der Waals surface area contributed by atoms with Crippen LogP contribution in [0.3, 0.4) is 0 Å². The van der Waals surface area contributed by atoms with Crippen molar-refractivity contribution >= 4 is 37.9 Å². The lowest BCUT2D eigenvalue weighted by Crippen LogP contribution is -2.44. The van der Waals surface area contributed by atoms with E-state index >= 15 is 0 Å². The van der Waals surface area contributed by atoms with Crippen LogP contribution in [0.4, 0.5) is 10.5 Å². The second-order valence-electron chi connectivity index (χ2n) is 15.6. The van der Waals surface area contributed by atoms with Crippen LogP contribution in [0.2, 0.25) is 18.1 Å². The topological polar surface area (TPSA) is 119 Å². The van der Waals surface area contributed by atoms with Gasteiger partial charge in [-0.2, -0.15) is 0 Å². The molecule has 0 N–H and O–H groups in total. The molecular formula is C37H57NO10Si. The molecule has 11 nitrogen and oxygen atoms in total. The van der Waals surface area contributed by atoms with E-state index < -0.39 is 50.1 Å². The molecule has 274 valence electrons. The molecule has 3 atom stereocenters. The maximum Gasteiger partial charge on any atom is 0.414 e. The molecule has 2 aliphatic rings. The van der Waals surface area contributed by atoms with Gasteiger partial charge in [-0.1, -0.05) is 39.0 Å². The number of amides is 1. The number of esters is 1. The summed E-state index contributed by atoms with van der Waals surface area (Å²) in [5, 5.41) is -0.0249. The molecule has 0 aliphatic carbocycles. The zero-order valence-corrected chi connectivity index (χ0v) is 32.7. The van der Waals surface area contributed by atoms with Gasteiger partial charge in [-0.25, -0.2) is 9.59 Å². The van der Waals surface area contributed by atoms with Crippen LogP contribution in [0.1, 0.15) is 98.0 Å². The summed E-state index contributed by atoms with van der Waals surface area (Å²) in [7, 11) is -0.658. The zero-order chi connectivity index (χ0) is 36.9. The largest absolute Gasteiger partial charge is 0.467 e. The number of ether oxygens (including phenoxy) is 6. The summed E-state index contributed by atoms with van der Waals surface area (Å²) in [5.74, 6) is -1.53. The van der Waals surface area contributed by atoms with Gasteiger partial charge in [0.25, 0.3) is 0 Å². The van der Waals surface area contributed by atoms with Crippen LogP contribution in [-0.2, 0) is 32.9 Å². The van der Waals surface area contributed by atoms with Crippen LogP contribution < -0.4 is 9.64 Å². The minimum Gasteiger partial charge on any atom is -0.467 e. The van der Waals surface area contributed by atoms with Crippen molar-refractivity contribution in [2.24, 2.45) is 0 Å². The third-order valence-electron chi connectivity index (χ3n) is 8.88. The van der Waals surface area contributed by atoms with Gasteiger partial charge in [0.2, 0.25) is 0 Å². The van der Waals surface area contributed by atoms with Gasteiger partial charge >= 0.3 is 12.1 Å². The molecule has 1 fully saturated rings. The number of carbonyl (C=O) groups excluding carboxylic acids is 3. The lowest BCUT2D eigenvalue weighted by Gasteiger charge is -2.37. The van der Waals surface area contributed by atoms with E-state index in [0.717, 1.165) is 0 Å². The summed E-state index contributed by atoms with van der Waals surface area (Å²) in [4.78, 5) is 42.4. The van der Waals surface area contributed by atoms with Gasteiger partial charge in [0.15, 0.2) is 26.7 Å². The Hall–Kier alpha value is -3.03. The maximum absolute atomic E-state index is 13.9. The van der Waals surface area contributed by atoms with Crippen molar-refractivity contribution in [3.8, 4) is 5.75 Å². The molecule has 0 aromatic heterocycles. The number of benzene rings is 1. The second-order valence-corrected chi connectivity index (χ2v) is 20.4. The van der Waals surface area contributed by atoms with E-state index in [2.05, 4.69) is 33.9 Å². The lowest BCUT2D eigenvalue weighted by atomic mass is 9.99. The first kappa shape index (κ1) is 40.4. The van der Waals surface area contributed by atoms with Crippen molar-refractivity contribution in [2.75, 3.05) is 32.0 Å². The number of Topliss-reactive ketones (excluding diaryl/α,β-unsaturated/α-hetero) is 1. The third-order valence-corrected chi connectivity index (χ3v) is 13.4. The molecule has 0 unspecified atom stereocenters. The minimum atomic E-state index is -2.14. The Morgan fingerprint density at radius 2 is 1.76 bits per heavy atom. The minimum absolute atomic E-state index is 0.0249. The van der Waals surface area contributed by atoms with Crippen LogP contribution in [0, 0.1) is 0 Å². The van der Waals surface area contributed by atoms with E-state index in [0.29, 0.717) is 23.2 Å². The van der Waals surface area contributed by atoms with E-state index in [9.17, 15) is 14.4 Å². The van der Waals surface area contributed by atoms with Crippen LogP contribution in [0.15, 0.2) is 29.9 Å². The van der Waals surface area contributed by atoms with E-state index in [1.54, 1.807) is 72.8 Å². The molecule has 2 aliphatic heterocycles. The van der Waals surface area contributed by atoms with E-state index in [4.69, 9.17) is 32.8 Å². The highest BCUT2D eigenvalue weighted by Gasteiger charge is 2.44. The van der Waals surface area contributed by atoms with Crippen molar-refractivity contribution < 1.29 is 47.2 Å².